The van der Waals surface area contributed by atoms with Gasteiger partial charge in [-0.1, -0.05) is 28.1 Å². The van der Waals surface area contributed by atoms with Crippen molar-refractivity contribution in [3.05, 3.63) is 34.3 Å². The summed E-state index contributed by atoms with van der Waals surface area (Å²) in [6, 6.07) is 8.35. The second kappa shape index (κ2) is 6.24. The molecule has 2 fully saturated rings. The Morgan fingerprint density at radius 2 is 2.25 bits per heavy atom. The van der Waals surface area contributed by atoms with E-state index in [1.807, 2.05) is 17.0 Å². The lowest BCUT2D eigenvalue weighted by molar-refractivity contribution is -0.158. The van der Waals surface area contributed by atoms with Gasteiger partial charge in [0.2, 0.25) is 0 Å². The van der Waals surface area contributed by atoms with Crippen LogP contribution in [0.3, 0.4) is 0 Å². The van der Waals surface area contributed by atoms with E-state index in [0.29, 0.717) is 19.8 Å². The van der Waals surface area contributed by atoms with Gasteiger partial charge in [0.15, 0.2) is 6.10 Å². The van der Waals surface area contributed by atoms with Crippen molar-refractivity contribution in [1.82, 2.24) is 4.90 Å². The van der Waals surface area contributed by atoms with Crippen molar-refractivity contribution in [2.24, 2.45) is 0 Å². The predicted molar refractivity (Wildman–Crippen MR) is 78.4 cm³/mol. The molecule has 0 radical (unpaired) electrons. The number of carbonyl (C=O) groups excluding carboxylic acids is 1. The van der Waals surface area contributed by atoms with Crippen LogP contribution in [0.5, 0.6) is 0 Å². The summed E-state index contributed by atoms with van der Waals surface area (Å²) < 4.78 is 11.9. The highest BCUT2D eigenvalue weighted by atomic mass is 79.9. The van der Waals surface area contributed by atoms with E-state index in [2.05, 4.69) is 28.1 Å². The van der Waals surface area contributed by atoms with Crippen molar-refractivity contribution in [2.75, 3.05) is 26.4 Å². The second-order valence-corrected chi connectivity index (χ2v) is 6.09. The molecule has 1 aromatic rings. The molecule has 1 aromatic carbocycles. The van der Waals surface area contributed by atoms with E-state index in [1.165, 1.54) is 5.56 Å². The Hall–Kier alpha value is -0.910. The molecular formula is C15H18BrNO3. The number of carbonyl (C=O) groups is 1. The molecule has 1 amide bonds. The first-order valence-electron chi connectivity index (χ1n) is 7.01. The molecule has 4 nitrogen and oxygen atoms in total. The van der Waals surface area contributed by atoms with Gasteiger partial charge in [-0.2, -0.15) is 0 Å². The maximum Gasteiger partial charge on any atom is 0.254 e. The fraction of sp³-hybridized carbons (Fsp3) is 0.533. The third-order valence-electron chi connectivity index (χ3n) is 3.86. The molecule has 0 N–H and O–H groups in total. The molecule has 2 aliphatic heterocycles. The van der Waals surface area contributed by atoms with Crippen LogP contribution in [0.15, 0.2) is 28.7 Å². The fourth-order valence-corrected chi connectivity index (χ4v) is 3.32. The van der Waals surface area contributed by atoms with Crippen LogP contribution < -0.4 is 0 Å². The Morgan fingerprint density at radius 3 is 3.00 bits per heavy atom. The number of likely N-dealkylation sites (tertiary alicyclic amines) is 1. The SMILES string of the molecule is O=C([C@H]1COCCO1)N1CCC[C@@H]1c1cccc(Br)c1. The molecule has 2 saturated heterocycles. The van der Waals surface area contributed by atoms with Gasteiger partial charge in [0, 0.05) is 11.0 Å². The van der Waals surface area contributed by atoms with E-state index < -0.39 is 6.10 Å². The van der Waals surface area contributed by atoms with Crippen LogP contribution in [0.4, 0.5) is 0 Å². The van der Waals surface area contributed by atoms with Gasteiger partial charge in [-0.05, 0) is 30.5 Å². The number of hydrogen-bond donors (Lipinski definition) is 0. The molecule has 108 valence electrons. The standard InChI is InChI=1S/C15H18BrNO3/c16-12-4-1-3-11(9-12)13-5-2-6-17(13)15(18)14-10-19-7-8-20-14/h1,3-4,9,13-14H,2,5-8,10H2/t13-,14-/m1/s1. The maximum atomic E-state index is 12.6. The van der Waals surface area contributed by atoms with Crippen molar-refractivity contribution in [3.8, 4) is 0 Å². The molecule has 0 saturated carbocycles. The van der Waals surface area contributed by atoms with Crippen LogP contribution in [0.25, 0.3) is 0 Å². The van der Waals surface area contributed by atoms with Gasteiger partial charge in [-0.3, -0.25) is 4.79 Å². The number of ether oxygens (including phenoxy) is 2. The Balaban J connectivity index is 1.76. The molecule has 3 rings (SSSR count). The molecule has 2 aliphatic rings. The zero-order chi connectivity index (χ0) is 13.9. The minimum atomic E-state index is -0.434. The first kappa shape index (κ1) is 14.0. The normalized spacial score (nSPS) is 26.8. The number of benzene rings is 1. The van der Waals surface area contributed by atoms with E-state index in [9.17, 15) is 4.79 Å². The summed E-state index contributed by atoms with van der Waals surface area (Å²) in [6.07, 6.45) is 1.61. The maximum absolute atomic E-state index is 12.6. The summed E-state index contributed by atoms with van der Waals surface area (Å²) >= 11 is 3.49. The van der Waals surface area contributed by atoms with Crippen molar-refractivity contribution < 1.29 is 14.3 Å². The van der Waals surface area contributed by atoms with Crippen LogP contribution in [0.1, 0.15) is 24.4 Å². The first-order chi connectivity index (χ1) is 9.75. The zero-order valence-corrected chi connectivity index (χ0v) is 12.8. The van der Waals surface area contributed by atoms with E-state index in [0.717, 1.165) is 23.9 Å². The summed E-state index contributed by atoms with van der Waals surface area (Å²) in [6.45, 7) is 2.26. The summed E-state index contributed by atoms with van der Waals surface area (Å²) in [5.41, 5.74) is 1.18. The molecule has 2 heterocycles. The highest BCUT2D eigenvalue weighted by molar-refractivity contribution is 9.10. The van der Waals surface area contributed by atoms with Gasteiger partial charge in [0.25, 0.3) is 5.91 Å². The van der Waals surface area contributed by atoms with E-state index >= 15 is 0 Å². The van der Waals surface area contributed by atoms with Gasteiger partial charge < -0.3 is 14.4 Å². The van der Waals surface area contributed by atoms with Crippen molar-refractivity contribution in [3.63, 3.8) is 0 Å². The number of nitrogens with zero attached hydrogens (tertiary/aromatic N) is 1. The summed E-state index contributed by atoms with van der Waals surface area (Å²) in [7, 11) is 0. The third-order valence-corrected chi connectivity index (χ3v) is 4.35. The largest absolute Gasteiger partial charge is 0.376 e. The van der Waals surface area contributed by atoms with Gasteiger partial charge in [0.1, 0.15) is 0 Å². The minimum absolute atomic E-state index is 0.0622. The zero-order valence-electron chi connectivity index (χ0n) is 11.3. The van der Waals surface area contributed by atoms with Crippen molar-refractivity contribution in [1.29, 1.82) is 0 Å². The van der Waals surface area contributed by atoms with Crippen LogP contribution >= 0.6 is 15.9 Å². The van der Waals surface area contributed by atoms with Gasteiger partial charge in [-0.25, -0.2) is 0 Å². The minimum Gasteiger partial charge on any atom is -0.376 e. The Bertz CT molecular complexity index is 488. The average molecular weight is 340 g/mol. The van der Waals surface area contributed by atoms with Gasteiger partial charge >= 0.3 is 0 Å². The molecule has 0 bridgehead atoms. The summed E-state index contributed by atoms with van der Waals surface area (Å²) in [5, 5.41) is 0. The number of hydrogen-bond acceptors (Lipinski definition) is 3. The number of rotatable bonds is 2. The molecule has 5 heteroatoms. The first-order valence-corrected chi connectivity index (χ1v) is 7.80. The smallest absolute Gasteiger partial charge is 0.254 e. The predicted octanol–water partition coefficient (Wildman–Crippen LogP) is 2.53. The molecule has 0 aromatic heterocycles. The molecule has 20 heavy (non-hydrogen) atoms. The van der Waals surface area contributed by atoms with Crippen molar-refractivity contribution >= 4 is 21.8 Å². The van der Waals surface area contributed by atoms with Crippen molar-refractivity contribution in [2.45, 2.75) is 25.0 Å². The lowest BCUT2D eigenvalue weighted by Crippen LogP contribution is -2.45. The van der Waals surface area contributed by atoms with Gasteiger partial charge in [-0.15, -0.1) is 0 Å². The topological polar surface area (TPSA) is 38.8 Å². The molecule has 2 atom stereocenters. The van der Waals surface area contributed by atoms with Crippen LogP contribution in [-0.4, -0.2) is 43.3 Å². The monoisotopic (exact) mass is 339 g/mol. The summed E-state index contributed by atoms with van der Waals surface area (Å²) in [5.74, 6) is 0.0622. The van der Waals surface area contributed by atoms with Gasteiger partial charge in [0.05, 0.1) is 25.9 Å². The lowest BCUT2D eigenvalue weighted by Gasteiger charge is -2.30. The molecule has 0 spiro atoms. The Kier molecular flexibility index (Phi) is 4.38. The second-order valence-electron chi connectivity index (χ2n) is 5.18. The van der Waals surface area contributed by atoms with E-state index in [4.69, 9.17) is 9.47 Å². The Labute approximate surface area is 127 Å². The fourth-order valence-electron chi connectivity index (χ4n) is 2.91. The molecule has 0 aliphatic carbocycles. The van der Waals surface area contributed by atoms with Crippen LogP contribution in [0.2, 0.25) is 0 Å². The third kappa shape index (κ3) is 2.90. The molecule has 0 unspecified atom stereocenters. The lowest BCUT2D eigenvalue weighted by atomic mass is 10.0. The molecular weight excluding hydrogens is 322 g/mol. The average Bonchev–Trinajstić information content (AvgIpc) is 2.97. The van der Waals surface area contributed by atoms with Crippen LogP contribution in [0, 0.1) is 0 Å². The highest BCUT2D eigenvalue weighted by Gasteiger charge is 2.35. The number of amides is 1. The van der Waals surface area contributed by atoms with E-state index in [-0.39, 0.29) is 11.9 Å². The Morgan fingerprint density at radius 1 is 1.35 bits per heavy atom. The number of halogens is 1. The quantitative estimate of drug-likeness (QED) is 0.831. The van der Waals surface area contributed by atoms with E-state index in [1.54, 1.807) is 0 Å². The summed E-state index contributed by atoms with van der Waals surface area (Å²) in [4.78, 5) is 14.5. The van der Waals surface area contributed by atoms with Crippen LogP contribution in [-0.2, 0) is 14.3 Å². The highest BCUT2D eigenvalue weighted by Crippen LogP contribution is 2.33.